The third kappa shape index (κ3) is 3.82. The molecule has 0 saturated heterocycles. The molecule has 0 aromatic heterocycles. The van der Waals surface area contributed by atoms with Gasteiger partial charge in [0.05, 0.1) is 14.2 Å². The van der Waals surface area contributed by atoms with Crippen molar-refractivity contribution in [2.45, 2.75) is 26.7 Å². The lowest BCUT2D eigenvalue weighted by Gasteiger charge is -2.21. The van der Waals surface area contributed by atoms with Gasteiger partial charge in [0, 0.05) is 0 Å². The Labute approximate surface area is 154 Å². The Hall–Kier alpha value is -2.56. The molecule has 0 amide bonds. The minimum Gasteiger partial charge on any atom is -0.504 e. The summed E-state index contributed by atoms with van der Waals surface area (Å²) in [6.45, 7) is 4.77. The summed E-state index contributed by atoms with van der Waals surface area (Å²) in [5.74, 6) is 3.57. The van der Waals surface area contributed by atoms with Crippen LogP contribution >= 0.6 is 0 Å². The van der Waals surface area contributed by atoms with E-state index in [9.17, 15) is 5.11 Å². The predicted octanol–water partition coefficient (Wildman–Crippen LogP) is 4.20. The first-order chi connectivity index (χ1) is 12.5. The number of methoxy groups -OCH3 is 2. The Kier molecular flexibility index (Phi) is 5.45. The summed E-state index contributed by atoms with van der Waals surface area (Å²) in [7, 11) is 3.10. The van der Waals surface area contributed by atoms with Crippen molar-refractivity contribution in [3.05, 3.63) is 41.5 Å². The van der Waals surface area contributed by atoms with E-state index < -0.39 is 0 Å². The highest BCUT2D eigenvalue weighted by molar-refractivity contribution is 5.53. The average molecular weight is 358 g/mol. The van der Waals surface area contributed by atoms with Gasteiger partial charge in [0.1, 0.15) is 0 Å². The van der Waals surface area contributed by atoms with Gasteiger partial charge in [-0.05, 0) is 60.1 Å². The molecule has 1 aliphatic heterocycles. The average Bonchev–Trinajstić information content (AvgIpc) is 3.08. The Morgan fingerprint density at radius 3 is 2.31 bits per heavy atom. The number of phenolic OH excluding ortho intramolecular Hbond substituents is 1. The van der Waals surface area contributed by atoms with Crippen LogP contribution in [0.25, 0.3) is 0 Å². The van der Waals surface area contributed by atoms with Crippen LogP contribution in [-0.4, -0.2) is 26.1 Å². The molecule has 2 atom stereocenters. The van der Waals surface area contributed by atoms with Crippen LogP contribution in [0, 0.1) is 11.8 Å². The van der Waals surface area contributed by atoms with Crippen LogP contribution in [0.1, 0.15) is 25.0 Å². The maximum Gasteiger partial charge on any atom is 0.231 e. The molecular weight excluding hydrogens is 332 g/mol. The largest absolute Gasteiger partial charge is 0.504 e. The molecule has 26 heavy (non-hydrogen) atoms. The molecule has 0 fully saturated rings. The molecule has 3 rings (SSSR count). The second-order valence-corrected chi connectivity index (χ2v) is 6.90. The van der Waals surface area contributed by atoms with Crippen molar-refractivity contribution >= 4 is 0 Å². The van der Waals surface area contributed by atoms with Gasteiger partial charge in [0.2, 0.25) is 12.5 Å². The Morgan fingerprint density at radius 2 is 1.62 bits per heavy atom. The van der Waals surface area contributed by atoms with Gasteiger partial charge in [-0.15, -0.1) is 0 Å². The van der Waals surface area contributed by atoms with Crippen LogP contribution in [-0.2, 0) is 12.8 Å². The molecule has 0 spiro atoms. The lowest BCUT2D eigenvalue weighted by Crippen LogP contribution is -2.14. The highest BCUT2D eigenvalue weighted by atomic mass is 16.7. The zero-order valence-corrected chi connectivity index (χ0v) is 15.7. The molecule has 1 heterocycles. The van der Waals surface area contributed by atoms with Crippen LogP contribution in [0.4, 0.5) is 0 Å². The van der Waals surface area contributed by atoms with Crippen LogP contribution in [0.2, 0.25) is 0 Å². The topological polar surface area (TPSA) is 57.2 Å². The Morgan fingerprint density at radius 1 is 0.923 bits per heavy atom. The van der Waals surface area contributed by atoms with E-state index in [-0.39, 0.29) is 5.75 Å². The van der Waals surface area contributed by atoms with E-state index in [4.69, 9.17) is 18.9 Å². The number of fused-ring (bicyclic) bond motifs is 1. The van der Waals surface area contributed by atoms with Gasteiger partial charge < -0.3 is 24.1 Å². The number of phenols is 1. The van der Waals surface area contributed by atoms with E-state index in [2.05, 4.69) is 26.0 Å². The van der Waals surface area contributed by atoms with Gasteiger partial charge in [-0.3, -0.25) is 0 Å². The number of benzene rings is 2. The second kappa shape index (κ2) is 7.77. The SMILES string of the molecule is COc1cc(C[C@@H](C)[C@@H](C)Cc2ccc3c(c2)OCO3)cc(O)c1OC. The molecule has 0 radical (unpaired) electrons. The third-order valence-corrected chi connectivity index (χ3v) is 5.04. The third-order valence-electron chi connectivity index (χ3n) is 5.04. The summed E-state index contributed by atoms with van der Waals surface area (Å²) < 4.78 is 21.4. The van der Waals surface area contributed by atoms with Crippen LogP contribution in [0.3, 0.4) is 0 Å². The fourth-order valence-corrected chi connectivity index (χ4v) is 3.33. The van der Waals surface area contributed by atoms with Crippen molar-refractivity contribution in [2.75, 3.05) is 21.0 Å². The number of rotatable bonds is 7. The number of hydrogen-bond acceptors (Lipinski definition) is 5. The zero-order valence-electron chi connectivity index (χ0n) is 15.7. The molecule has 0 bridgehead atoms. The molecule has 1 N–H and O–H groups in total. The number of hydrogen-bond donors (Lipinski definition) is 1. The van der Waals surface area contributed by atoms with E-state index in [0.717, 1.165) is 29.9 Å². The van der Waals surface area contributed by atoms with Crippen molar-refractivity contribution in [3.8, 4) is 28.7 Å². The van der Waals surface area contributed by atoms with Crippen molar-refractivity contribution in [1.29, 1.82) is 0 Å². The van der Waals surface area contributed by atoms with E-state index in [0.29, 0.717) is 30.1 Å². The first-order valence-electron chi connectivity index (χ1n) is 8.84. The second-order valence-electron chi connectivity index (χ2n) is 6.90. The summed E-state index contributed by atoms with van der Waals surface area (Å²) >= 11 is 0. The van der Waals surface area contributed by atoms with Gasteiger partial charge in [-0.25, -0.2) is 0 Å². The smallest absolute Gasteiger partial charge is 0.231 e. The lowest BCUT2D eigenvalue weighted by molar-refractivity contribution is 0.174. The fraction of sp³-hybridized carbons (Fsp3) is 0.429. The molecule has 5 heteroatoms. The van der Waals surface area contributed by atoms with Crippen LogP contribution < -0.4 is 18.9 Å². The van der Waals surface area contributed by atoms with E-state index in [1.54, 1.807) is 13.2 Å². The maximum absolute atomic E-state index is 10.1. The molecule has 2 aromatic rings. The normalized spacial score (nSPS) is 14.8. The van der Waals surface area contributed by atoms with Gasteiger partial charge in [-0.1, -0.05) is 19.9 Å². The fourth-order valence-electron chi connectivity index (χ4n) is 3.33. The van der Waals surface area contributed by atoms with E-state index in [1.807, 2.05) is 12.1 Å². The summed E-state index contributed by atoms with van der Waals surface area (Å²) in [6.07, 6.45) is 1.80. The van der Waals surface area contributed by atoms with Gasteiger partial charge in [0.15, 0.2) is 23.0 Å². The highest BCUT2D eigenvalue weighted by Gasteiger charge is 2.19. The van der Waals surface area contributed by atoms with Crippen molar-refractivity contribution in [2.24, 2.45) is 11.8 Å². The molecule has 0 aliphatic carbocycles. The molecular formula is C21H26O5. The quantitative estimate of drug-likeness (QED) is 0.804. The molecule has 0 saturated carbocycles. The summed E-state index contributed by atoms with van der Waals surface area (Å²) in [4.78, 5) is 0. The highest BCUT2D eigenvalue weighted by Crippen LogP contribution is 2.38. The first kappa shape index (κ1) is 18.2. The molecule has 5 nitrogen and oxygen atoms in total. The van der Waals surface area contributed by atoms with Crippen LogP contribution in [0.15, 0.2) is 30.3 Å². The van der Waals surface area contributed by atoms with Gasteiger partial charge in [-0.2, -0.15) is 0 Å². The standard InChI is InChI=1S/C21H26O5/c1-13(7-15-5-6-18-19(10-15)26-12-25-18)14(2)8-16-9-17(22)21(24-4)20(11-16)23-3/h5-6,9-11,13-14,22H,7-8,12H2,1-4H3/t13-,14+/m0/s1. The molecule has 2 aromatic carbocycles. The van der Waals surface area contributed by atoms with Crippen molar-refractivity contribution in [3.63, 3.8) is 0 Å². The maximum atomic E-state index is 10.1. The summed E-state index contributed by atoms with van der Waals surface area (Å²) in [5.41, 5.74) is 2.27. The molecule has 140 valence electrons. The Balaban J connectivity index is 1.67. The van der Waals surface area contributed by atoms with Gasteiger partial charge >= 0.3 is 0 Å². The molecule has 0 unspecified atom stereocenters. The van der Waals surface area contributed by atoms with Crippen molar-refractivity contribution in [1.82, 2.24) is 0 Å². The minimum absolute atomic E-state index is 0.109. The van der Waals surface area contributed by atoms with E-state index >= 15 is 0 Å². The van der Waals surface area contributed by atoms with E-state index in [1.165, 1.54) is 12.7 Å². The molecule has 1 aliphatic rings. The monoisotopic (exact) mass is 358 g/mol. The van der Waals surface area contributed by atoms with Gasteiger partial charge in [0.25, 0.3) is 0 Å². The Bertz CT molecular complexity index is 771. The number of aromatic hydroxyl groups is 1. The lowest BCUT2D eigenvalue weighted by atomic mass is 9.85. The minimum atomic E-state index is 0.109. The zero-order chi connectivity index (χ0) is 18.7. The summed E-state index contributed by atoms with van der Waals surface area (Å²) in [5, 5.41) is 10.1. The number of ether oxygens (including phenoxy) is 4. The summed E-state index contributed by atoms with van der Waals surface area (Å²) in [6, 6.07) is 9.82. The first-order valence-corrected chi connectivity index (χ1v) is 8.84. The van der Waals surface area contributed by atoms with Crippen LogP contribution in [0.5, 0.6) is 28.7 Å². The predicted molar refractivity (Wildman–Crippen MR) is 99.5 cm³/mol. The van der Waals surface area contributed by atoms with Crippen molar-refractivity contribution < 1.29 is 24.1 Å².